The lowest BCUT2D eigenvalue weighted by molar-refractivity contribution is -0.154. The summed E-state index contributed by atoms with van der Waals surface area (Å²) in [5.41, 5.74) is 2.67. The predicted octanol–water partition coefficient (Wildman–Crippen LogP) is 2.69. The summed E-state index contributed by atoms with van der Waals surface area (Å²) in [5, 5.41) is 13.7. The van der Waals surface area contributed by atoms with Crippen molar-refractivity contribution < 1.29 is 29.0 Å². The number of aromatic nitrogens is 1. The van der Waals surface area contributed by atoms with Crippen molar-refractivity contribution in [1.29, 1.82) is 0 Å². The fourth-order valence-electron chi connectivity index (χ4n) is 4.29. The van der Waals surface area contributed by atoms with Crippen LogP contribution < -0.4 is 5.32 Å². The normalized spacial score (nSPS) is 16.6. The number of H-pyrrole nitrogens is 1. The van der Waals surface area contributed by atoms with Gasteiger partial charge >= 0.3 is 11.9 Å². The van der Waals surface area contributed by atoms with Crippen molar-refractivity contribution in [2.75, 3.05) is 13.2 Å². The number of fused-ring (bicyclic) bond motifs is 2. The van der Waals surface area contributed by atoms with E-state index in [4.69, 9.17) is 16.3 Å². The zero-order valence-electron chi connectivity index (χ0n) is 18.2. The van der Waals surface area contributed by atoms with Crippen molar-refractivity contribution in [2.45, 2.75) is 25.4 Å². The summed E-state index contributed by atoms with van der Waals surface area (Å²) in [7, 11) is 0. The zero-order chi connectivity index (χ0) is 24.4. The Balaban J connectivity index is 1.64. The van der Waals surface area contributed by atoms with Crippen LogP contribution in [0.1, 0.15) is 34.6 Å². The summed E-state index contributed by atoms with van der Waals surface area (Å²) in [6.07, 6.45) is 0.398. The molecule has 0 radical (unpaired) electrons. The van der Waals surface area contributed by atoms with E-state index in [1.807, 2.05) is 12.1 Å². The molecule has 1 aromatic heterocycles. The number of carbonyl (C=O) groups excluding carboxylic acids is 3. The van der Waals surface area contributed by atoms with Crippen molar-refractivity contribution in [2.24, 2.45) is 0 Å². The van der Waals surface area contributed by atoms with Gasteiger partial charge < -0.3 is 25.0 Å². The van der Waals surface area contributed by atoms with Gasteiger partial charge in [-0.2, -0.15) is 0 Å². The maximum atomic E-state index is 13.1. The first kappa shape index (κ1) is 23.3. The van der Waals surface area contributed by atoms with Crippen LogP contribution >= 0.6 is 11.6 Å². The first-order valence-corrected chi connectivity index (χ1v) is 10.9. The number of aliphatic carboxylic acids is 1. The number of aromatic amines is 1. The van der Waals surface area contributed by atoms with Crippen LogP contribution in [0.2, 0.25) is 5.02 Å². The van der Waals surface area contributed by atoms with Crippen molar-refractivity contribution in [3.63, 3.8) is 0 Å². The van der Waals surface area contributed by atoms with Crippen LogP contribution in [0.3, 0.4) is 0 Å². The molecule has 4 rings (SSSR count). The molecule has 0 saturated heterocycles. The highest BCUT2D eigenvalue weighted by atomic mass is 35.5. The van der Waals surface area contributed by atoms with Crippen molar-refractivity contribution >= 4 is 46.3 Å². The van der Waals surface area contributed by atoms with Crippen LogP contribution in [0.4, 0.5) is 0 Å². The largest absolute Gasteiger partial charge is 0.480 e. The number of benzene rings is 2. The SMILES string of the molecule is CC(=O)OCC(=O)N(CC(=O)O)[C@@H]1c2ccccc2CC1NC(=O)c1cc2cc(Cl)ccc2[nH]1. The highest BCUT2D eigenvalue weighted by molar-refractivity contribution is 6.31. The molecule has 34 heavy (non-hydrogen) atoms. The van der Waals surface area contributed by atoms with Crippen LogP contribution in [0.15, 0.2) is 48.5 Å². The standard InChI is InChI=1S/C24H22ClN3O6/c1-13(29)34-12-21(30)28(11-22(31)32)23-17-5-3-2-4-14(17)9-19(23)27-24(33)20-10-15-8-16(25)6-7-18(15)26-20/h2-8,10,19,23,26H,9,11-12H2,1H3,(H,27,33)(H,31,32)/t19?,23-/m1/s1. The summed E-state index contributed by atoms with van der Waals surface area (Å²) < 4.78 is 4.82. The molecule has 0 spiro atoms. The van der Waals surface area contributed by atoms with Gasteiger partial charge in [0.1, 0.15) is 12.2 Å². The van der Waals surface area contributed by atoms with Gasteiger partial charge in [0.25, 0.3) is 11.8 Å². The quantitative estimate of drug-likeness (QED) is 0.443. The maximum Gasteiger partial charge on any atom is 0.323 e. The zero-order valence-corrected chi connectivity index (χ0v) is 19.0. The Morgan fingerprint density at radius 2 is 1.94 bits per heavy atom. The Hall–Kier alpha value is -3.85. The molecule has 0 bridgehead atoms. The van der Waals surface area contributed by atoms with Gasteiger partial charge in [0.15, 0.2) is 6.61 Å². The molecule has 3 N–H and O–H groups in total. The number of carbonyl (C=O) groups is 4. The third kappa shape index (κ3) is 4.89. The number of carboxylic acid groups (broad SMARTS) is 1. The van der Waals surface area contributed by atoms with Gasteiger partial charge in [-0.3, -0.25) is 19.2 Å². The van der Waals surface area contributed by atoms with E-state index in [2.05, 4.69) is 10.3 Å². The van der Waals surface area contributed by atoms with Gasteiger partial charge in [-0.15, -0.1) is 0 Å². The fourth-order valence-corrected chi connectivity index (χ4v) is 4.48. The Bertz CT molecular complexity index is 1290. The minimum atomic E-state index is -1.22. The number of rotatable bonds is 7. The lowest BCUT2D eigenvalue weighted by atomic mass is 10.0. The Morgan fingerprint density at radius 1 is 1.18 bits per heavy atom. The molecule has 0 fully saturated rings. The average molecular weight is 484 g/mol. The average Bonchev–Trinajstić information content (AvgIpc) is 3.36. The minimum Gasteiger partial charge on any atom is -0.480 e. The van der Waals surface area contributed by atoms with Crippen LogP contribution in [0.5, 0.6) is 0 Å². The van der Waals surface area contributed by atoms with E-state index in [0.717, 1.165) is 33.9 Å². The molecule has 1 aliphatic rings. The minimum absolute atomic E-state index is 0.308. The van der Waals surface area contributed by atoms with Crippen LogP contribution in [0, 0.1) is 0 Å². The van der Waals surface area contributed by atoms with E-state index < -0.39 is 49.0 Å². The maximum absolute atomic E-state index is 13.1. The number of hydrogen-bond donors (Lipinski definition) is 3. The van der Waals surface area contributed by atoms with E-state index in [1.54, 1.807) is 36.4 Å². The third-order valence-electron chi connectivity index (χ3n) is 5.70. The number of ether oxygens (including phenoxy) is 1. The first-order valence-electron chi connectivity index (χ1n) is 10.5. The van der Waals surface area contributed by atoms with E-state index in [9.17, 15) is 24.3 Å². The number of halogens is 1. The second-order valence-corrected chi connectivity index (χ2v) is 8.47. The van der Waals surface area contributed by atoms with Crippen molar-refractivity contribution in [1.82, 2.24) is 15.2 Å². The fraction of sp³-hybridized carbons (Fsp3) is 0.250. The molecular weight excluding hydrogens is 462 g/mol. The van der Waals surface area contributed by atoms with Crippen LogP contribution in [-0.2, 0) is 25.5 Å². The van der Waals surface area contributed by atoms with Gasteiger partial charge in [-0.1, -0.05) is 35.9 Å². The molecule has 10 heteroatoms. The number of esters is 1. The van der Waals surface area contributed by atoms with Gasteiger partial charge in [0.2, 0.25) is 0 Å². The Morgan fingerprint density at radius 3 is 2.68 bits per heavy atom. The number of hydrogen-bond acceptors (Lipinski definition) is 5. The molecule has 0 saturated carbocycles. The van der Waals surface area contributed by atoms with Crippen molar-refractivity contribution in [3.05, 3.63) is 70.4 Å². The number of amides is 2. The van der Waals surface area contributed by atoms with Crippen LogP contribution in [-0.4, -0.2) is 57.9 Å². The van der Waals surface area contributed by atoms with Crippen molar-refractivity contribution in [3.8, 4) is 0 Å². The number of carboxylic acids is 1. The summed E-state index contributed by atoms with van der Waals surface area (Å²) in [6.45, 7) is -0.0443. The molecule has 2 amide bonds. The highest BCUT2D eigenvalue weighted by Crippen LogP contribution is 2.36. The van der Waals surface area contributed by atoms with E-state index in [1.165, 1.54) is 0 Å². The van der Waals surface area contributed by atoms with Gasteiger partial charge in [-0.25, -0.2) is 0 Å². The topological polar surface area (TPSA) is 129 Å². The highest BCUT2D eigenvalue weighted by Gasteiger charge is 2.40. The molecule has 1 unspecified atom stereocenters. The van der Waals surface area contributed by atoms with E-state index in [-0.39, 0.29) is 0 Å². The predicted molar refractivity (Wildman–Crippen MR) is 123 cm³/mol. The Kier molecular flexibility index (Phi) is 6.56. The molecule has 0 aliphatic heterocycles. The van der Waals surface area contributed by atoms with E-state index >= 15 is 0 Å². The van der Waals surface area contributed by atoms with E-state index in [0.29, 0.717) is 17.1 Å². The molecule has 176 valence electrons. The molecule has 2 aromatic carbocycles. The second kappa shape index (κ2) is 9.56. The van der Waals surface area contributed by atoms with Crippen LogP contribution in [0.25, 0.3) is 10.9 Å². The smallest absolute Gasteiger partial charge is 0.323 e. The second-order valence-electron chi connectivity index (χ2n) is 8.04. The molecular formula is C24H22ClN3O6. The molecule has 3 aromatic rings. The lowest BCUT2D eigenvalue weighted by Gasteiger charge is -2.33. The van der Waals surface area contributed by atoms with Gasteiger partial charge in [-0.05, 0) is 41.8 Å². The molecule has 1 heterocycles. The summed E-state index contributed by atoms with van der Waals surface area (Å²) in [6, 6.07) is 12.8. The number of nitrogens with zero attached hydrogens (tertiary/aromatic N) is 1. The monoisotopic (exact) mass is 483 g/mol. The van der Waals surface area contributed by atoms with Gasteiger partial charge in [0.05, 0.1) is 12.1 Å². The number of nitrogens with one attached hydrogen (secondary N) is 2. The van der Waals surface area contributed by atoms with Gasteiger partial charge in [0, 0.05) is 22.8 Å². The summed E-state index contributed by atoms with van der Waals surface area (Å²) >= 11 is 6.04. The lowest BCUT2D eigenvalue weighted by Crippen LogP contribution is -2.49. The molecule has 9 nitrogen and oxygen atoms in total. The molecule has 1 aliphatic carbocycles. The summed E-state index contributed by atoms with van der Waals surface area (Å²) in [4.78, 5) is 53.0. The third-order valence-corrected chi connectivity index (χ3v) is 5.93. The molecule has 2 atom stereocenters. The first-order chi connectivity index (χ1) is 16.2. The Labute approximate surface area is 199 Å². The summed E-state index contributed by atoms with van der Waals surface area (Å²) in [5.74, 6) is -2.95.